The van der Waals surface area contributed by atoms with Gasteiger partial charge in [0.1, 0.15) is 6.17 Å². The van der Waals surface area contributed by atoms with Crippen molar-refractivity contribution in [3.63, 3.8) is 0 Å². The summed E-state index contributed by atoms with van der Waals surface area (Å²) in [6.07, 6.45) is 4.75. The maximum Gasteiger partial charge on any atom is 0.134 e. The first-order valence-corrected chi connectivity index (χ1v) is 6.10. The van der Waals surface area contributed by atoms with Crippen molar-refractivity contribution in [2.75, 3.05) is 39.5 Å². The molecule has 0 saturated carbocycles. The first-order valence-electron chi connectivity index (χ1n) is 6.10. The van der Waals surface area contributed by atoms with Crippen molar-refractivity contribution in [2.24, 2.45) is 0 Å². The summed E-state index contributed by atoms with van der Waals surface area (Å²) in [5.74, 6) is 0. The summed E-state index contributed by atoms with van der Waals surface area (Å²) in [6, 6.07) is 0. The van der Waals surface area contributed by atoms with Gasteiger partial charge in [0.25, 0.3) is 0 Å². The molecule has 110 valence electrons. The molecule has 0 fully saturated rings. The average molecular weight is 272 g/mol. The van der Waals surface area contributed by atoms with Gasteiger partial charge in [-0.25, -0.2) is 0 Å². The van der Waals surface area contributed by atoms with Crippen LogP contribution in [0.1, 0.15) is 0 Å². The predicted octanol–water partition coefficient (Wildman–Crippen LogP) is 0.322. The van der Waals surface area contributed by atoms with Crippen LogP contribution >= 0.6 is 0 Å². The van der Waals surface area contributed by atoms with Crippen LogP contribution in [0.2, 0.25) is 0 Å². The molecule has 0 saturated heterocycles. The number of hydrogen-bond donors (Lipinski definition) is 2. The highest BCUT2D eigenvalue weighted by atomic mass is 17.0. The van der Waals surface area contributed by atoms with Gasteiger partial charge in [-0.2, -0.15) is 0 Å². The Morgan fingerprint density at radius 2 is 1.42 bits per heavy atom. The SMILES string of the molecule is C=CCN(CC=C)C(C=C)N(OCCO)OCCO. The molecule has 0 aromatic heterocycles. The fourth-order valence-corrected chi connectivity index (χ4v) is 1.44. The summed E-state index contributed by atoms with van der Waals surface area (Å²) < 4.78 is 0. The van der Waals surface area contributed by atoms with E-state index in [-0.39, 0.29) is 32.6 Å². The predicted molar refractivity (Wildman–Crippen MR) is 73.9 cm³/mol. The highest BCUT2D eigenvalue weighted by molar-refractivity contribution is 4.90. The van der Waals surface area contributed by atoms with Gasteiger partial charge in [-0.3, -0.25) is 14.6 Å². The largest absolute Gasteiger partial charge is 0.394 e. The molecule has 1 unspecified atom stereocenters. The molecule has 0 radical (unpaired) electrons. The van der Waals surface area contributed by atoms with Crippen LogP contribution in [0.15, 0.2) is 38.0 Å². The monoisotopic (exact) mass is 272 g/mol. The maximum absolute atomic E-state index is 8.81. The molecule has 0 spiro atoms. The van der Waals surface area contributed by atoms with E-state index in [9.17, 15) is 0 Å². The lowest BCUT2D eigenvalue weighted by Crippen LogP contribution is -2.48. The second-order valence-corrected chi connectivity index (χ2v) is 3.58. The molecule has 0 bridgehead atoms. The summed E-state index contributed by atoms with van der Waals surface area (Å²) >= 11 is 0. The van der Waals surface area contributed by atoms with Crippen LogP contribution in [0.25, 0.3) is 0 Å². The van der Waals surface area contributed by atoms with E-state index in [0.29, 0.717) is 13.1 Å². The molecule has 1 atom stereocenters. The van der Waals surface area contributed by atoms with Crippen LogP contribution < -0.4 is 0 Å². The normalized spacial score (nSPS) is 12.6. The molecule has 0 aromatic rings. The Labute approximate surface area is 114 Å². The summed E-state index contributed by atoms with van der Waals surface area (Å²) in [6.45, 7) is 12.2. The van der Waals surface area contributed by atoms with E-state index in [1.54, 1.807) is 18.2 Å². The first kappa shape index (κ1) is 18.0. The maximum atomic E-state index is 8.81. The Balaban J connectivity index is 4.77. The second-order valence-electron chi connectivity index (χ2n) is 3.58. The molecule has 0 aliphatic heterocycles. The molecular weight excluding hydrogens is 248 g/mol. The van der Waals surface area contributed by atoms with E-state index < -0.39 is 0 Å². The molecule has 6 nitrogen and oxygen atoms in total. The standard InChI is InChI=1S/C13H24N2O4/c1-4-7-14(8-5-2)13(6-3)15(18-11-9-16)19-12-10-17/h4-6,13,16-17H,1-3,7-12H2. The number of hydrogen-bond acceptors (Lipinski definition) is 6. The minimum Gasteiger partial charge on any atom is -0.394 e. The minimum atomic E-state index is -0.380. The summed E-state index contributed by atoms with van der Waals surface area (Å²) in [5.41, 5.74) is 0. The third kappa shape index (κ3) is 7.22. The Kier molecular flexibility index (Phi) is 11.4. The molecule has 2 N–H and O–H groups in total. The van der Waals surface area contributed by atoms with Gasteiger partial charge in [-0.15, -0.1) is 19.7 Å². The van der Waals surface area contributed by atoms with Gasteiger partial charge in [-0.05, 0) is 5.23 Å². The van der Waals surface area contributed by atoms with E-state index in [4.69, 9.17) is 19.9 Å². The molecular formula is C13H24N2O4. The summed E-state index contributed by atoms with van der Waals surface area (Å²) in [7, 11) is 0. The third-order valence-electron chi connectivity index (χ3n) is 2.15. The van der Waals surface area contributed by atoms with Crippen LogP contribution in [0.4, 0.5) is 0 Å². The molecule has 0 aromatic carbocycles. The lowest BCUT2D eigenvalue weighted by molar-refractivity contribution is -0.399. The van der Waals surface area contributed by atoms with Crippen molar-refractivity contribution < 1.29 is 19.9 Å². The molecule has 0 amide bonds. The highest BCUT2D eigenvalue weighted by Crippen LogP contribution is 2.10. The van der Waals surface area contributed by atoms with Crippen molar-refractivity contribution in [1.82, 2.24) is 10.1 Å². The van der Waals surface area contributed by atoms with Gasteiger partial charge in [-0.1, -0.05) is 18.2 Å². The van der Waals surface area contributed by atoms with Crippen molar-refractivity contribution in [2.45, 2.75) is 6.17 Å². The zero-order valence-electron chi connectivity index (χ0n) is 11.3. The van der Waals surface area contributed by atoms with Crippen LogP contribution in [0.5, 0.6) is 0 Å². The van der Waals surface area contributed by atoms with Gasteiger partial charge in [0, 0.05) is 13.1 Å². The smallest absolute Gasteiger partial charge is 0.134 e. The zero-order valence-corrected chi connectivity index (χ0v) is 11.3. The summed E-state index contributed by atoms with van der Waals surface area (Å²) in [4.78, 5) is 12.5. The Morgan fingerprint density at radius 3 is 1.74 bits per heavy atom. The molecule has 0 aliphatic rings. The number of hydroxylamine groups is 2. The number of aliphatic hydroxyl groups is 2. The Hall–Kier alpha value is -1.02. The van der Waals surface area contributed by atoms with Crippen LogP contribution in [0, 0.1) is 0 Å². The van der Waals surface area contributed by atoms with Crippen molar-refractivity contribution >= 4 is 0 Å². The van der Waals surface area contributed by atoms with Gasteiger partial charge in [0.15, 0.2) is 0 Å². The lowest BCUT2D eigenvalue weighted by atomic mass is 10.3. The van der Waals surface area contributed by atoms with Crippen LogP contribution in [0.3, 0.4) is 0 Å². The highest BCUT2D eigenvalue weighted by Gasteiger charge is 2.23. The van der Waals surface area contributed by atoms with E-state index in [2.05, 4.69) is 19.7 Å². The lowest BCUT2D eigenvalue weighted by Gasteiger charge is -2.34. The van der Waals surface area contributed by atoms with E-state index in [0.717, 1.165) is 0 Å². The topological polar surface area (TPSA) is 65.4 Å². The van der Waals surface area contributed by atoms with E-state index in [1.165, 1.54) is 5.23 Å². The van der Waals surface area contributed by atoms with E-state index >= 15 is 0 Å². The first-order chi connectivity index (χ1) is 9.24. The fourth-order valence-electron chi connectivity index (χ4n) is 1.44. The Bertz CT molecular complexity index is 243. The van der Waals surface area contributed by atoms with Gasteiger partial charge in [0.05, 0.1) is 26.4 Å². The fraction of sp³-hybridized carbons (Fsp3) is 0.538. The second kappa shape index (κ2) is 12.0. The van der Waals surface area contributed by atoms with Crippen molar-refractivity contribution in [3.05, 3.63) is 38.0 Å². The van der Waals surface area contributed by atoms with Gasteiger partial charge < -0.3 is 10.2 Å². The Morgan fingerprint density at radius 1 is 0.947 bits per heavy atom. The van der Waals surface area contributed by atoms with Gasteiger partial charge >= 0.3 is 0 Å². The number of nitrogens with zero attached hydrogens (tertiary/aromatic N) is 2. The molecule has 0 aliphatic carbocycles. The quantitative estimate of drug-likeness (QED) is 0.286. The van der Waals surface area contributed by atoms with Crippen molar-refractivity contribution in [3.8, 4) is 0 Å². The van der Waals surface area contributed by atoms with Crippen molar-refractivity contribution in [1.29, 1.82) is 0 Å². The van der Waals surface area contributed by atoms with Gasteiger partial charge in [0.2, 0.25) is 0 Å². The van der Waals surface area contributed by atoms with Crippen LogP contribution in [-0.4, -0.2) is 66.0 Å². The molecule has 6 heteroatoms. The number of rotatable bonds is 13. The number of aliphatic hydroxyl groups excluding tert-OH is 2. The minimum absolute atomic E-state index is 0.0891. The summed E-state index contributed by atoms with van der Waals surface area (Å²) in [5, 5.41) is 18.8. The zero-order chi connectivity index (χ0) is 14.5. The molecule has 19 heavy (non-hydrogen) atoms. The molecule has 0 rings (SSSR count). The van der Waals surface area contributed by atoms with E-state index in [1.807, 2.05) is 4.90 Å². The molecule has 0 heterocycles. The third-order valence-corrected chi connectivity index (χ3v) is 2.15. The average Bonchev–Trinajstić information content (AvgIpc) is 2.42. The van der Waals surface area contributed by atoms with Crippen LogP contribution in [-0.2, 0) is 9.68 Å².